The van der Waals surface area contributed by atoms with E-state index in [2.05, 4.69) is 5.32 Å². The van der Waals surface area contributed by atoms with Gasteiger partial charge in [-0.3, -0.25) is 9.59 Å². The second-order valence-electron chi connectivity index (χ2n) is 7.56. The van der Waals surface area contributed by atoms with Crippen LogP contribution >= 0.6 is 11.6 Å². The van der Waals surface area contributed by atoms with Crippen LogP contribution in [0.1, 0.15) is 38.2 Å². The van der Waals surface area contributed by atoms with Gasteiger partial charge in [0.2, 0.25) is 5.91 Å². The Balaban J connectivity index is 1.70. The number of carbonyl (C=O) groups excluding carboxylic acids is 2. The SMILES string of the molecule is CC(C(=O)NC1CCCC1)N(Cc1ccc(F)cc1)C(=O)COc1cccc(Cl)c1. The molecule has 2 aromatic carbocycles. The molecule has 1 fully saturated rings. The quantitative estimate of drug-likeness (QED) is 0.675. The molecule has 0 heterocycles. The second-order valence-corrected chi connectivity index (χ2v) is 8.00. The molecular weight excluding hydrogens is 407 g/mol. The van der Waals surface area contributed by atoms with Gasteiger partial charge in [-0.1, -0.05) is 42.6 Å². The van der Waals surface area contributed by atoms with Crippen molar-refractivity contribution in [1.29, 1.82) is 0 Å². The third-order valence-corrected chi connectivity index (χ3v) is 5.53. The maximum Gasteiger partial charge on any atom is 0.261 e. The molecule has 0 aromatic heterocycles. The summed E-state index contributed by atoms with van der Waals surface area (Å²) < 4.78 is 18.8. The summed E-state index contributed by atoms with van der Waals surface area (Å²) in [5.41, 5.74) is 0.730. The predicted molar refractivity (Wildman–Crippen MR) is 114 cm³/mol. The largest absolute Gasteiger partial charge is 0.484 e. The molecule has 0 radical (unpaired) electrons. The number of carbonyl (C=O) groups is 2. The average Bonchev–Trinajstić information content (AvgIpc) is 3.24. The van der Waals surface area contributed by atoms with E-state index in [1.165, 1.54) is 17.0 Å². The number of nitrogens with zero attached hydrogens (tertiary/aromatic N) is 1. The molecule has 7 heteroatoms. The lowest BCUT2D eigenvalue weighted by molar-refractivity contribution is -0.142. The van der Waals surface area contributed by atoms with E-state index in [0.29, 0.717) is 10.8 Å². The van der Waals surface area contributed by atoms with E-state index >= 15 is 0 Å². The van der Waals surface area contributed by atoms with E-state index in [1.807, 2.05) is 0 Å². The number of ether oxygens (including phenoxy) is 1. The lowest BCUT2D eigenvalue weighted by atomic mass is 10.1. The number of amides is 2. The van der Waals surface area contributed by atoms with Gasteiger partial charge in [0.05, 0.1) is 0 Å². The molecule has 5 nitrogen and oxygen atoms in total. The van der Waals surface area contributed by atoms with E-state index in [9.17, 15) is 14.0 Å². The third-order valence-electron chi connectivity index (χ3n) is 5.29. The van der Waals surface area contributed by atoms with Gasteiger partial charge in [0.1, 0.15) is 17.6 Å². The van der Waals surface area contributed by atoms with E-state index in [4.69, 9.17) is 16.3 Å². The fourth-order valence-electron chi connectivity index (χ4n) is 3.55. The number of nitrogens with one attached hydrogen (secondary N) is 1. The Bertz CT molecular complexity index is 869. The molecule has 3 rings (SSSR count). The van der Waals surface area contributed by atoms with E-state index in [-0.39, 0.29) is 36.8 Å². The monoisotopic (exact) mass is 432 g/mol. The van der Waals surface area contributed by atoms with Crippen molar-refractivity contribution in [3.63, 3.8) is 0 Å². The molecule has 1 aliphatic rings. The van der Waals surface area contributed by atoms with Crippen molar-refractivity contribution in [2.24, 2.45) is 0 Å². The van der Waals surface area contributed by atoms with Gasteiger partial charge in [-0.25, -0.2) is 4.39 Å². The third kappa shape index (κ3) is 6.20. The zero-order chi connectivity index (χ0) is 21.5. The molecule has 1 unspecified atom stereocenters. The summed E-state index contributed by atoms with van der Waals surface area (Å²) in [6.07, 6.45) is 4.13. The Hall–Kier alpha value is -2.60. The number of rotatable bonds is 8. The Labute approximate surface area is 181 Å². The smallest absolute Gasteiger partial charge is 0.261 e. The molecule has 0 spiro atoms. The first-order chi connectivity index (χ1) is 14.4. The van der Waals surface area contributed by atoms with Crippen LogP contribution in [0.25, 0.3) is 0 Å². The molecular formula is C23H26ClFN2O3. The van der Waals surface area contributed by atoms with Crippen LogP contribution in [0, 0.1) is 5.82 Å². The van der Waals surface area contributed by atoms with Crippen molar-refractivity contribution in [1.82, 2.24) is 10.2 Å². The van der Waals surface area contributed by atoms with E-state index in [1.54, 1.807) is 43.3 Å². The standard InChI is InChI=1S/C23H26ClFN2O3/c1-16(23(29)26-20-6-2-3-7-20)27(14-17-9-11-19(25)12-10-17)22(28)15-30-21-8-4-5-18(24)13-21/h4-5,8-13,16,20H,2-3,6-7,14-15H2,1H3,(H,26,29). The summed E-state index contributed by atoms with van der Waals surface area (Å²) in [6, 6.07) is 12.1. The van der Waals surface area contributed by atoms with Crippen molar-refractivity contribution >= 4 is 23.4 Å². The fourth-order valence-corrected chi connectivity index (χ4v) is 3.73. The molecule has 2 amide bonds. The van der Waals surface area contributed by atoms with Gasteiger partial charge >= 0.3 is 0 Å². The first-order valence-corrected chi connectivity index (χ1v) is 10.5. The van der Waals surface area contributed by atoms with Gasteiger partial charge in [-0.15, -0.1) is 0 Å². The van der Waals surface area contributed by atoms with Gasteiger partial charge < -0.3 is 15.0 Å². The van der Waals surface area contributed by atoms with Crippen molar-refractivity contribution < 1.29 is 18.7 Å². The van der Waals surface area contributed by atoms with Crippen LogP contribution in [0.15, 0.2) is 48.5 Å². The Morgan fingerprint density at radius 2 is 1.90 bits per heavy atom. The lowest BCUT2D eigenvalue weighted by Crippen LogP contribution is -2.50. The molecule has 1 aliphatic carbocycles. The molecule has 30 heavy (non-hydrogen) atoms. The maximum atomic E-state index is 13.3. The van der Waals surface area contributed by atoms with Crippen molar-refractivity contribution in [2.75, 3.05) is 6.61 Å². The Morgan fingerprint density at radius 3 is 2.57 bits per heavy atom. The van der Waals surface area contributed by atoms with Crippen molar-refractivity contribution in [3.05, 3.63) is 64.9 Å². The zero-order valence-corrected chi connectivity index (χ0v) is 17.7. The highest BCUT2D eigenvalue weighted by molar-refractivity contribution is 6.30. The van der Waals surface area contributed by atoms with Gasteiger partial charge in [0, 0.05) is 17.6 Å². The van der Waals surface area contributed by atoms with Gasteiger partial charge in [0.15, 0.2) is 6.61 Å². The summed E-state index contributed by atoms with van der Waals surface area (Å²) in [5, 5.41) is 3.55. The maximum absolute atomic E-state index is 13.3. The molecule has 0 bridgehead atoms. The highest BCUT2D eigenvalue weighted by Gasteiger charge is 2.28. The van der Waals surface area contributed by atoms with Crippen LogP contribution in [0.5, 0.6) is 5.75 Å². The molecule has 1 N–H and O–H groups in total. The van der Waals surface area contributed by atoms with E-state index in [0.717, 1.165) is 31.2 Å². The summed E-state index contributed by atoms with van der Waals surface area (Å²) in [7, 11) is 0. The summed E-state index contributed by atoms with van der Waals surface area (Å²) in [6.45, 7) is 1.64. The number of hydrogen-bond donors (Lipinski definition) is 1. The molecule has 1 atom stereocenters. The molecule has 1 saturated carbocycles. The van der Waals surface area contributed by atoms with Crippen LogP contribution in [0.4, 0.5) is 4.39 Å². The molecule has 160 valence electrons. The first-order valence-electron chi connectivity index (χ1n) is 10.1. The van der Waals surface area contributed by atoms with Gasteiger partial charge in [0.25, 0.3) is 5.91 Å². The van der Waals surface area contributed by atoms with Crippen LogP contribution in [-0.2, 0) is 16.1 Å². The number of benzene rings is 2. The number of halogens is 2. The fraction of sp³-hybridized carbons (Fsp3) is 0.391. The minimum absolute atomic E-state index is 0.158. The second kappa shape index (κ2) is 10.4. The summed E-state index contributed by atoms with van der Waals surface area (Å²) in [5.74, 6) is -0.415. The topological polar surface area (TPSA) is 58.6 Å². The summed E-state index contributed by atoms with van der Waals surface area (Å²) in [4.78, 5) is 27.2. The van der Waals surface area contributed by atoms with Crippen LogP contribution < -0.4 is 10.1 Å². The summed E-state index contributed by atoms with van der Waals surface area (Å²) >= 11 is 5.96. The van der Waals surface area contributed by atoms with Crippen molar-refractivity contribution in [2.45, 2.75) is 51.2 Å². The Morgan fingerprint density at radius 1 is 1.20 bits per heavy atom. The minimum Gasteiger partial charge on any atom is -0.484 e. The van der Waals surface area contributed by atoms with Crippen molar-refractivity contribution in [3.8, 4) is 5.75 Å². The van der Waals surface area contributed by atoms with Gasteiger partial charge in [-0.2, -0.15) is 0 Å². The first kappa shape index (κ1) is 22.1. The predicted octanol–water partition coefficient (Wildman–Crippen LogP) is 4.33. The van der Waals surface area contributed by atoms with Gasteiger partial charge in [-0.05, 0) is 55.7 Å². The lowest BCUT2D eigenvalue weighted by Gasteiger charge is -2.29. The highest BCUT2D eigenvalue weighted by Crippen LogP contribution is 2.20. The number of hydrogen-bond acceptors (Lipinski definition) is 3. The van der Waals surface area contributed by atoms with Crippen LogP contribution in [0.2, 0.25) is 5.02 Å². The van der Waals surface area contributed by atoms with Crippen LogP contribution in [0.3, 0.4) is 0 Å². The van der Waals surface area contributed by atoms with E-state index < -0.39 is 6.04 Å². The minimum atomic E-state index is -0.689. The Kier molecular flexibility index (Phi) is 7.69. The molecule has 0 aliphatic heterocycles. The normalized spacial score (nSPS) is 14.9. The molecule has 2 aromatic rings. The average molecular weight is 433 g/mol. The zero-order valence-electron chi connectivity index (χ0n) is 16.9. The van der Waals surface area contributed by atoms with Crippen LogP contribution in [-0.4, -0.2) is 35.4 Å². The molecule has 0 saturated heterocycles. The highest BCUT2D eigenvalue weighted by atomic mass is 35.5.